The number of ether oxygens (including phenoxy) is 1. The van der Waals surface area contributed by atoms with Gasteiger partial charge in [-0.15, -0.1) is 0 Å². The fourth-order valence-corrected chi connectivity index (χ4v) is 4.83. The molecule has 2 aromatic carbocycles. The first-order chi connectivity index (χ1) is 19.9. The summed E-state index contributed by atoms with van der Waals surface area (Å²) in [6.45, 7) is 3.58. The Labute approximate surface area is 245 Å². The number of methoxy groups -OCH3 is 1. The maximum absolute atomic E-state index is 11.6. The average Bonchev–Trinajstić information content (AvgIpc) is 3.68. The molecule has 10 nitrogen and oxygen atoms in total. The number of hydrogen-bond donors (Lipinski definition) is 0. The fraction of sp³-hybridized carbons (Fsp3) is 0.233. The van der Waals surface area contributed by atoms with Gasteiger partial charge in [0.25, 0.3) is 0 Å². The summed E-state index contributed by atoms with van der Waals surface area (Å²) < 4.78 is 5.46. The number of esters is 1. The number of benzene rings is 2. The minimum atomic E-state index is -0.495. The molecule has 0 saturated heterocycles. The summed E-state index contributed by atoms with van der Waals surface area (Å²) >= 11 is 3.37. The number of oxime groups is 2. The molecule has 2 unspecified atom stereocenters. The van der Waals surface area contributed by atoms with E-state index in [1.165, 1.54) is 7.11 Å². The number of hydrogen-bond acceptors (Lipinski definition) is 10. The molecule has 0 saturated carbocycles. The van der Waals surface area contributed by atoms with Crippen LogP contribution in [0.25, 0.3) is 0 Å². The van der Waals surface area contributed by atoms with Gasteiger partial charge in [-0.25, -0.2) is 24.7 Å². The summed E-state index contributed by atoms with van der Waals surface area (Å²) in [5.74, 6) is 0.713. The Morgan fingerprint density at radius 1 is 0.756 bits per heavy atom. The summed E-state index contributed by atoms with van der Waals surface area (Å²) in [5.41, 5.74) is 5.37. The zero-order chi connectivity index (χ0) is 28.8. The van der Waals surface area contributed by atoms with Crippen molar-refractivity contribution in [3.05, 3.63) is 117 Å². The van der Waals surface area contributed by atoms with E-state index in [0.717, 1.165) is 39.4 Å². The Hall–Kier alpha value is -4.51. The van der Waals surface area contributed by atoms with Gasteiger partial charge in [-0.1, -0.05) is 71.0 Å². The van der Waals surface area contributed by atoms with Crippen molar-refractivity contribution in [2.24, 2.45) is 10.3 Å². The summed E-state index contributed by atoms with van der Waals surface area (Å²) in [4.78, 5) is 39.6. The lowest BCUT2D eigenvalue weighted by molar-refractivity contribution is 0.0593. The molecule has 0 N–H and O–H groups in total. The SMILES string of the molecule is COC(=O)c1cc(C2=NOC(c3ccccc3)C2)nc(C)n1.Cc1nc(Br)cc(C2=NOC(c3ccccc3)C2)n1. The van der Waals surface area contributed by atoms with Gasteiger partial charge in [-0.3, -0.25) is 0 Å². The van der Waals surface area contributed by atoms with Gasteiger partial charge in [-0.05, 0) is 53.0 Å². The van der Waals surface area contributed by atoms with Gasteiger partial charge in [0.1, 0.15) is 27.7 Å². The highest BCUT2D eigenvalue weighted by molar-refractivity contribution is 9.10. The summed E-state index contributed by atoms with van der Waals surface area (Å²) in [6.07, 6.45) is 1.17. The number of nitrogens with zero attached hydrogens (tertiary/aromatic N) is 6. The minimum absolute atomic E-state index is 0.0229. The Bertz CT molecular complexity index is 1580. The number of aryl methyl sites for hydroxylation is 2. The maximum Gasteiger partial charge on any atom is 0.356 e. The number of halogens is 1. The first-order valence-electron chi connectivity index (χ1n) is 12.9. The van der Waals surface area contributed by atoms with Crippen LogP contribution in [0.3, 0.4) is 0 Å². The average molecular weight is 615 g/mol. The van der Waals surface area contributed by atoms with E-state index in [-0.39, 0.29) is 17.9 Å². The van der Waals surface area contributed by atoms with Crippen LogP contribution < -0.4 is 0 Å². The summed E-state index contributed by atoms with van der Waals surface area (Å²) in [5, 5.41) is 8.26. The van der Waals surface area contributed by atoms with Gasteiger partial charge in [0.2, 0.25) is 0 Å². The Morgan fingerprint density at radius 3 is 1.73 bits per heavy atom. The van der Waals surface area contributed by atoms with E-state index in [1.807, 2.05) is 73.7 Å². The number of aromatic nitrogens is 4. The molecule has 4 heterocycles. The minimum Gasteiger partial charge on any atom is -0.464 e. The second-order valence-electron chi connectivity index (χ2n) is 9.29. The Morgan fingerprint density at radius 2 is 1.24 bits per heavy atom. The zero-order valence-electron chi connectivity index (χ0n) is 22.7. The molecule has 11 heteroatoms. The van der Waals surface area contributed by atoms with Gasteiger partial charge >= 0.3 is 5.97 Å². The van der Waals surface area contributed by atoms with Crippen LogP contribution in [0.1, 0.15) is 69.7 Å². The molecule has 0 spiro atoms. The van der Waals surface area contributed by atoms with E-state index in [4.69, 9.17) is 14.4 Å². The molecular formula is C30H27BrN6O4. The third-order valence-electron chi connectivity index (χ3n) is 6.31. The molecule has 4 aromatic rings. The van der Waals surface area contributed by atoms with Gasteiger partial charge in [0, 0.05) is 12.8 Å². The lowest BCUT2D eigenvalue weighted by Crippen LogP contribution is -2.11. The van der Waals surface area contributed by atoms with Crippen molar-refractivity contribution in [3.63, 3.8) is 0 Å². The van der Waals surface area contributed by atoms with Gasteiger partial charge in [-0.2, -0.15) is 0 Å². The smallest absolute Gasteiger partial charge is 0.356 e. The monoisotopic (exact) mass is 614 g/mol. The standard InChI is InChI=1S/C16H15N3O3.C14H12BrN3O/c1-10-17-12(8-14(18-10)16(20)21-2)13-9-15(22-19-13)11-6-4-3-5-7-11;1-9-16-11(8-14(15)17-9)12-7-13(19-18-12)10-5-3-2-4-6-10/h3-8,15H,9H2,1-2H3;2-6,8,13H,7H2,1H3. The largest absolute Gasteiger partial charge is 0.464 e. The highest BCUT2D eigenvalue weighted by Gasteiger charge is 2.26. The molecule has 6 rings (SSSR count). The van der Waals surface area contributed by atoms with Crippen molar-refractivity contribution >= 4 is 33.3 Å². The first-order valence-corrected chi connectivity index (χ1v) is 13.7. The highest BCUT2D eigenvalue weighted by atomic mass is 79.9. The van der Waals surface area contributed by atoms with E-state index in [0.29, 0.717) is 23.7 Å². The molecule has 208 valence electrons. The predicted molar refractivity (Wildman–Crippen MR) is 155 cm³/mol. The lowest BCUT2D eigenvalue weighted by atomic mass is 10.0. The van der Waals surface area contributed by atoms with Crippen LogP contribution >= 0.6 is 15.9 Å². The van der Waals surface area contributed by atoms with E-state index in [9.17, 15) is 4.79 Å². The predicted octanol–water partition coefficient (Wildman–Crippen LogP) is 5.85. The second-order valence-corrected chi connectivity index (χ2v) is 10.1. The van der Waals surface area contributed by atoms with Crippen molar-refractivity contribution in [1.29, 1.82) is 0 Å². The molecule has 2 aliphatic rings. The van der Waals surface area contributed by atoms with Gasteiger partial charge in [0.15, 0.2) is 17.9 Å². The zero-order valence-corrected chi connectivity index (χ0v) is 24.3. The van der Waals surface area contributed by atoms with E-state index in [1.54, 1.807) is 13.0 Å². The molecule has 2 aliphatic heterocycles. The first kappa shape index (κ1) is 28.0. The molecule has 0 radical (unpaired) electrons. The maximum atomic E-state index is 11.6. The molecular weight excluding hydrogens is 588 g/mol. The van der Waals surface area contributed by atoms with E-state index < -0.39 is 5.97 Å². The Kier molecular flexibility index (Phi) is 8.73. The molecule has 0 aliphatic carbocycles. The van der Waals surface area contributed by atoms with Crippen LogP contribution in [0.5, 0.6) is 0 Å². The molecule has 0 amide bonds. The number of carbonyl (C=O) groups is 1. The third-order valence-corrected chi connectivity index (χ3v) is 6.72. The van der Waals surface area contributed by atoms with Crippen LogP contribution in [0, 0.1) is 13.8 Å². The van der Waals surface area contributed by atoms with E-state index >= 15 is 0 Å². The lowest BCUT2D eigenvalue weighted by Gasteiger charge is -2.07. The van der Waals surface area contributed by atoms with Crippen LogP contribution in [0.15, 0.2) is 87.7 Å². The molecule has 0 fully saturated rings. The number of carbonyl (C=O) groups excluding carboxylic acids is 1. The van der Waals surface area contributed by atoms with Gasteiger partial charge in [0.05, 0.1) is 18.5 Å². The normalized spacial score (nSPS) is 17.4. The van der Waals surface area contributed by atoms with Crippen molar-refractivity contribution in [2.75, 3.05) is 7.11 Å². The van der Waals surface area contributed by atoms with Crippen molar-refractivity contribution < 1.29 is 19.2 Å². The molecule has 0 bridgehead atoms. The topological polar surface area (TPSA) is 121 Å². The van der Waals surface area contributed by atoms with Crippen molar-refractivity contribution in [2.45, 2.75) is 38.9 Å². The third kappa shape index (κ3) is 6.98. The van der Waals surface area contributed by atoms with Crippen LogP contribution in [-0.2, 0) is 14.4 Å². The summed E-state index contributed by atoms with van der Waals surface area (Å²) in [7, 11) is 1.32. The molecule has 2 atom stereocenters. The fourth-order valence-electron chi connectivity index (χ4n) is 4.35. The Balaban J connectivity index is 0.000000166. The van der Waals surface area contributed by atoms with Crippen LogP contribution in [0.4, 0.5) is 0 Å². The molecule has 2 aromatic heterocycles. The van der Waals surface area contributed by atoms with Gasteiger partial charge < -0.3 is 14.4 Å². The van der Waals surface area contributed by atoms with E-state index in [2.05, 4.69) is 46.2 Å². The van der Waals surface area contributed by atoms with Crippen LogP contribution in [0.2, 0.25) is 0 Å². The quantitative estimate of drug-likeness (QED) is 0.203. The molecule has 41 heavy (non-hydrogen) atoms. The van der Waals surface area contributed by atoms with Crippen molar-refractivity contribution in [1.82, 2.24) is 19.9 Å². The highest BCUT2D eigenvalue weighted by Crippen LogP contribution is 2.30. The van der Waals surface area contributed by atoms with Crippen LogP contribution in [-0.4, -0.2) is 44.4 Å². The van der Waals surface area contributed by atoms with Crippen molar-refractivity contribution in [3.8, 4) is 0 Å². The number of rotatable bonds is 5. The summed E-state index contributed by atoms with van der Waals surface area (Å²) in [6, 6.07) is 23.4. The second kappa shape index (κ2) is 12.8.